The zero-order valence-corrected chi connectivity index (χ0v) is 12.2. The summed E-state index contributed by atoms with van der Waals surface area (Å²) in [6, 6.07) is 7.27. The third kappa shape index (κ3) is 6.47. The molecule has 6 heteroatoms. The van der Waals surface area contributed by atoms with Crippen molar-refractivity contribution in [3.8, 4) is 5.75 Å². The van der Waals surface area contributed by atoms with Gasteiger partial charge in [0.15, 0.2) is 0 Å². The molecule has 5 nitrogen and oxygen atoms in total. The average Bonchev–Trinajstić information content (AvgIpc) is 2.40. The number of carbonyl (C=O) groups excluding carboxylic acids is 1. The molecule has 0 aliphatic carbocycles. The fourth-order valence-electron chi connectivity index (χ4n) is 1.53. The van der Waals surface area contributed by atoms with Crippen LogP contribution in [0.3, 0.4) is 0 Å². The predicted molar refractivity (Wildman–Crippen MR) is 80.4 cm³/mol. The van der Waals surface area contributed by atoms with Crippen molar-refractivity contribution in [2.24, 2.45) is 0 Å². The molecule has 1 amide bonds. The van der Waals surface area contributed by atoms with Crippen LogP contribution < -0.4 is 10.1 Å². The van der Waals surface area contributed by atoms with Crippen molar-refractivity contribution < 1.29 is 19.4 Å². The maximum Gasteiger partial charge on any atom is 0.303 e. The molecule has 0 aromatic heterocycles. The number of hydrogen-bond acceptors (Lipinski definition) is 4. The van der Waals surface area contributed by atoms with E-state index < -0.39 is 5.97 Å². The van der Waals surface area contributed by atoms with E-state index in [1.165, 1.54) is 11.8 Å². The summed E-state index contributed by atoms with van der Waals surface area (Å²) in [5.74, 6) is 0.699. The largest absolute Gasteiger partial charge is 0.492 e. The van der Waals surface area contributed by atoms with Gasteiger partial charge in [0.2, 0.25) is 5.91 Å². The number of aliphatic carboxylic acids is 1. The van der Waals surface area contributed by atoms with Crippen molar-refractivity contribution in [2.45, 2.75) is 19.8 Å². The van der Waals surface area contributed by atoms with Gasteiger partial charge in [-0.2, -0.15) is 11.8 Å². The lowest BCUT2D eigenvalue weighted by molar-refractivity contribution is -0.137. The molecule has 0 radical (unpaired) electrons. The van der Waals surface area contributed by atoms with Crippen LogP contribution in [-0.2, 0) is 9.59 Å². The maximum absolute atomic E-state index is 11.8. The Labute approximate surface area is 122 Å². The molecule has 1 aromatic rings. The first-order chi connectivity index (χ1) is 9.63. The fourth-order valence-corrected chi connectivity index (χ4v) is 2.28. The molecule has 0 saturated carbocycles. The Morgan fingerprint density at radius 3 is 2.80 bits per heavy atom. The second-order valence-corrected chi connectivity index (χ2v) is 5.13. The number of benzene rings is 1. The van der Waals surface area contributed by atoms with Crippen LogP contribution in [0.1, 0.15) is 19.8 Å². The summed E-state index contributed by atoms with van der Waals surface area (Å²) in [7, 11) is 0. The minimum Gasteiger partial charge on any atom is -0.492 e. The van der Waals surface area contributed by atoms with E-state index in [2.05, 4.69) is 5.32 Å². The minimum absolute atomic E-state index is 0.113. The Morgan fingerprint density at radius 2 is 2.10 bits per heavy atom. The molecule has 0 spiro atoms. The van der Waals surface area contributed by atoms with Crippen LogP contribution in [0.25, 0.3) is 0 Å². The van der Waals surface area contributed by atoms with Crippen LogP contribution in [0.4, 0.5) is 5.69 Å². The molecule has 0 atom stereocenters. The first-order valence-corrected chi connectivity index (χ1v) is 7.60. The van der Waals surface area contributed by atoms with E-state index in [1.807, 2.05) is 19.1 Å². The van der Waals surface area contributed by atoms with Gasteiger partial charge in [-0.05, 0) is 31.2 Å². The van der Waals surface area contributed by atoms with Gasteiger partial charge in [0, 0.05) is 6.42 Å². The maximum atomic E-state index is 11.8. The molecule has 0 saturated heterocycles. The van der Waals surface area contributed by atoms with Gasteiger partial charge in [0.1, 0.15) is 5.75 Å². The van der Waals surface area contributed by atoms with Gasteiger partial charge in [0.05, 0.1) is 18.0 Å². The molecule has 2 N–H and O–H groups in total. The van der Waals surface area contributed by atoms with E-state index in [4.69, 9.17) is 9.84 Å². The number of anilines is 1. The normalized spacial score (nSPS) is 10.1. The fraction of sp³-hybridized carbons (Fsp3) is 0.429. The zero-order valence-electron chi connectivity index (χ0n) is 11.4. The molecular weight excluding hydrogens is 278 g/mol. The molecule has 1 rings (SSSR count). The standard InChI is InChI=1S/C14H19NO4S/c1-2-19-12-7-4-3-6-11(12)15-13(16)10-20-9-5-8-14(17)18/h3-4,6-7H,2,5,8-10H2,1H3,(H,15,16)(H,17,18). The number of thioether (sulfide) groups is 1. The van der Waals surface area contributed by atoms with Crippen LogP contribution in [-0.4, -0.2) is 35.1 Å². The number of carboxylic acid groups (broad SMARTS) is 1. The molecule has 0 unspecified atom stereocenters. The van der Waals surface area contributed by atoms with Gasteiger partial charge < -0.3 is 15.2 Å². The highest BCUT2D eigenvalue weighted by Crippen LogP contribution is 2.23. The van der Waals surface area contributed by atoms with Gasteiger partial charge in [-0.15, -0.1) is 0 Å². The summed E-state index contributed by atoms with van der Waals surface area (Å²) >= 11 is 1.43. The van der Waals surface area contributed by atoms with Gasteiger partial charge in [-0.25, -0.2) is 0 Å². The highest BCUT2D eigenvalue weighted by molar-refractivity contribution is 7.99. The Bertz CT molecular complexity index is 451. The first-order valence-electron chi connectivity index (χ1n) is 6.44. The second kappa shape index (κ2) is 9.25. The summed E-state index contributed by atoms with van der Waals surface area (Å²) < 4.78 is 5.42. The van der Waals surface area contributed by atoms with Crippen molar-refractivity contribution in [3.05, 3.63) is 24.3 Å². The summed E-state index contributed by atoms with van der Waals surface area (Å²) in [4.78, 5) is 22.1. The molecule has 20 heavy (non-hydrogen) atoms. The van der Waals surface area contributed by atoms with Crippen molar-refractivity contribution in [1.82, 2.24) is 0 Å². The highest BCUT2D eigenvalue weighted by Gasteiger charge is 2.07. The number of rotatable bonds is 9. The molecule has 0 fully saturated rings. The van der Waals surface area contributed by atoms with Crippen molar-refractivity contribution in [3.63, 3.8) is 0 Å². The van der Waals surface area contributed by atoms with E-state index in [0.717, 1.165) is 0 Å². The quantitative estimate of drug-likeness (QED) is 0.685. The van der Waals surface area contributed by atoms with Gasteiger partial charge in [-0.3, -0.25) is 9.59 Å². The van der Waals surface area contributed by atoms with E-state index in [9.17, 15) is 9.59 Å². The van der Waals surface area contributed by atoms with Crippen LogP contribution in [0.5, 0.6) is 5.75 Å². The number of hydrogen-bond donors (Lipinski definition) is 2. The van der Waals surface area contributed by atoms with Gasteiger partial charge >= 0.3 is 5.97 Å². The summed E-state index contributed by atoms with van der Waals surface area (Å²) in [5.41, 5.74) is 0.658. The van der Waals surface area contributed by atoms with Gasteiger partial charge in [0.25, 0.3) is 0 Å². The van der Waals surface area contributed by atoms with Crippen LogP contribution in [0.15, 0.2) is 24.3 Å². The lowest BCUT2D eigenvalue weighted by atomic mass is 10.3. The summed E-state index contributed by atoms with van der Waals surface area (Å²) in [5, 5.41) is 11.3. The lowest BCUT2D eigenvalue weighted by Crippen LogP contribution is -2.15. The number of ether oxygens (including phenoxy) is 1. The summed E-state index contributed by atoms with van der Waals surface area (Å²) in [6.45, 7) is 2.42. The Hall–Kier alpha value is -1.69. The molecule has 1 aromatic carbocycles. The van der Waals surface area contributed by atoms with Crippen molar-refractivity contribution >= 4 is 29.3 Å². The first kappa shape index (κ1) is 16.4. The Morgan fingerprint density at radius 1 is 1.35 bits per heavy atom. The summed E-state index contributed by atoms with van der Waals surface area (Å²) in [6.07, 6.45) is 0.713. The van der Waals surface area contributed by atoms with Crippen LogP contribution in [0, 0.1) is 0 Å². The van der Waals surface area contributed by atoms with E-state index in [-0.39, 0.29) is 12.3 Å². The molecule has 110 valence electrons. The third-order valence-corrected chi connectivity index (χ3v) is 3.42. The SMILES string of the molecule is CCOc1ccccc1NC(=O)CSCCCC(=O)O. The molecule has 0 bridgehead atoms. The van der Waals surface area contributed by atoms with Crippen LogP contribution in [0.2, 0.25) is 0 Å². The van der Waals surface area contributed by atoms with E-state index in [0.29, 0.717) is 36.0 Å². The number of carboxylic acids is 1. The molecule has 0 aliphatic rings. The topological polar surface area (TPSA) is 75.6 Å². The Balaban J connectivity index is 2.33. The minimum atomic E-state index is -0.805. The average molecular weight is 297 g/mol. The van der Waals surface area contributed by atoms with E-state index >= 15 is 0 Å². The number of amides is 1. The van der Waals surface area contributed by atoms with Crippen molar-refractivity contribution in [2.75, 3.05) is 23.4 Å². The highest BCUT2D eigenvalue weighted by atomic mass is 32.2. The molecule has 0 heterocycles. The van der Waals surface area contributed by atoms with Crippen LogP contribution >= 0.6 is 11.8 Å². The van der Waals surface area contributed by atoms with E-state index in [1.54, 1.807) is 12.1 Å². The van der Waals surface area contributed by atoms with Crippen molar-refractivity contribution in [1.29, 1.82) is 0 Å². The lowest BCUT2D eigenvalue weighted by Gasteiger charge is -2.10. The smallest absolute Gasteiger partial charge is 0.303 e. The molecular formula is C14H19NO4S. The molecule has 0 aliphatic heterocycles. The second-order valence-electron chi connectivity index (χ2n) is 4.03. The number of carbonyl (C=O) groups is 2. The zero-order chi connectivity index (χ0) is 14.8. The third-order valence-electron chi connectivity index (χ3n) is 2.37. The number of para-hydroxylation sites is 2. The monoisotopic (exact) mass is 297 g/mol. The Kier molecular flexibility index (Phi) is 7.57. The van der Waals surface area contributed by atoms with Gasteiger partial charge in [-0.1, -0.05) is 12.1 Å². The predicted octanol–water partition coefficient (Wildman–Crippen LogP) is 2.62. The number of nitrogens with one attached hydrogen (secondary N) is 1.